The number of hydrogen-bond acceptors (Lipinski definition) is 0. The van der Waals surface area contributed by atoms with Crippen molar-refractivity contribution in [1.82, 2.24) is 0 Å². The van der Waals surface area contributed by atoms with E-state index in [-0.39, 0.29) is 35.6 Å². The number of rotatable bonds is 4. The van der Waals surface area contributed by atoms with Gasteiger partial charge in [-0.1, -0.05) is 54.6 Å². The van der Waals surface area contributed by atoms with Crippen LogP contribution in [0.1, 0.15) is 44.5 Å². The molecule has 0 unspecified atom stereocenters. The average Bonchev–Trinajstić information content (AvgIpc) is 3.01. The van der Waals surface area contributed by atoms with Crippen LogP contribution < -0.4 is 51.4 Å². The zero-order valence-electron chi connectivity index (χ0n) is 27.6. The van der Waals surface area contributed by atoms with Crippen LogP contribution in [0.2, 0.25) is 0 Å². The molecule has 0 aromatic heterocycles. The Bertz CT molecular complexity index is 1830. The van der Waals surface area contributed by atoms with Crippen LogP contribution in [0.5, 0.6) is 0 Å². The summed E-state index contributed by atoms with van der Waals surface area (Å²) in [6.07, 6.45) is -56.5. The summed E-state index contributed by atoms with van der Waals surface area (Å²) in [5.41, 5.74) is -33.0. The Labute approximate surface area is 329 Å². The van der Waals surface area contributed by atoms with E-state index in [0.717, 1.165) is 0 Å². The van der Waals surface area contributed by atoms with Crippen LogP contribution in [0.15, 0.2) is 72.8 Å². The van der Waals surface area contributed by atoms with E-state index >= 15 is 0 Å². The third kappa shape index (κ3) is 9.82. The van der Waals surface area contributed by atoms with Crippen LogP contribution in [-0.2, 0) is 49.4 Å². The van der Waals surface area contributed by atoms with E-state index in [1.165, 1.54) is 0 Å². The molecule has 4 rings (SSSR count). The van der Waals surface area contributed by atoms with Gasteiger partial charge in [0.25, 0.3) is 0 Å². The van der Waals surface area contributed by atoms with E-state index in [2.05, 4.69) is 0 Å². The molecular formula is C32H12BF24Na. The van der Waals surface area contributed by atoms with Gasteiger partial charge in [-0.2, -0.15) is 127 Å². The summed E-state index contributed by atoms with van der Waals surface area (Å²) in [5.74, 6) is 0. The second-order valence-corrected chi connectivity index (χ2v) is 12.1. The number of halogens is 24. The van der Waals surface area contributed by atoms with Gasteiger partial charge in [-0.15, -0.1) is 0 Å². The van der Waals surface area contributed by atoms with Crippen molar-refractivity contribution in [2.45, 2.75) is 49.4 Å². The molecule has 4 aromatic carbocycles. The van der Waals surface area contributed by atoms with Crippen LogP contribution >= 0.6 is 0 Å². The van der Waals surface area contributed by atoms with Crippen molar-refractivity contribution in [3.05, 3.63) is 117 Å². The van der Waals surface area contributed by atoms with Crippen LogP contribution in [0, 0.1) is 0 Å². The summed E-state index contributed by atoms with van der Waals surface area (Å²) in [5, 5.41) is 0. The minimum atomic E-state index is -6.46. The van der Waals surface area contributed by atoms with Gasteiger partial charge in [0.1, 0.15) is 6.15 Å². The third-order valence-corrected chi connectivity index (χ3v) is 8.48. The van der Waals surface area contributed by atoms with E-state index in [1.807, 2.05) is 0 Å². The normalized spacial score (nSPS) is 14.1. The topological polar surface area (TPSA) is 0 Å². The molecule has 0 amide bonds. The molecule has 0 bridgehead atoms. The Morgan fingerprint density at radius 2 is 0.466 bits per heavy atom. The molecule has 0 aliphatic carbocycles. The van der Waals surface area contributed by atoms with E-state index in [4.69, 9.17) is 0 Å². The third-order valence-electron chi connectivity index (χ3n) is 8.48. The van der Waals surface area contributed by atoms with Crippen molar-refractivity contribution < 1.29 is 135 Å². The number of alkyl halides is 24. The molecule has 4 aromatic rings. The second-order valence-electron chi connectivity index (χ2n) is 12.1. The standard InChI is InChI=1S/C32H12BF24.Na/c34-25(35,36)13-4-14(26(37,38)39)8-19(7-13)33(20-9-15(27(40,41)42)5-16(10-20)28(43,44)45,21-11-17(29(46,47)48)6-18(12-21)30(49,50)51)24-22(31(52,53)54)2-1-3-23(24)32(55,56)57;/h1-12H;/q-1;+1. The Morgan fingerprint density at radius 1 is 0.276 bits per heavy atom. The van der Waals surface area contributed by atoms with Crippen molar-refractivity contribution in [3.63, 3.8) is 0 Å². The van der Waals surface area contributed by atoms with Crippen LogP contribution in [0.25, 0.3) is 0 Å². The van der Waals surface area contributed by atoms with Crippen molar-refractivity contribution in [2.75, 3.05) is 0 Å². The van der Waals surface area contributed by atoms with Gasteiger partial charge in [0.2, 0.25) is 0 Å². The first-order valence-electron chi connectivity index (χ1n) is 14.6. The summed E-state index contributed by atoms with van der Waals surface area (Å²) >= 11 is 0. The molecule has 312 valence electrons. The molecule has 0 aliphatic heterocycles. The zero-order valence-corrected chi connectivity index (χ0v) is 29.6. The SMILES string of the molecule is FC(F)(F)c1cc([B-](c2cc(C(F)(F)F)cc(C(F)(F)F)c2)(c2cc(C(F)(F)F)cc(C(F)(F)F)c2)c2c(C(F)(F)F)cccc2C(F)(F)F)cc(C(F)(F)F)c1.[Na+]. The molecule has 0 fully saturated rings. The fourth-order valence-electron chi connectivity index (χ4n) is 6.29. The summed E-state index contributed by atoms with van der Waals surface area (Å²) in [7, 11) is 0. The van der Waals surface area contributed by atoms with E-state index < -0.39 is 189 Å². The molecule has 0 N–H and O–H groups in total. The smallest absolute Gasteiger partial charge is 0.194 e. The molecular weight excluding hydrogens is 874 g/mol. The van der Waals surface area contributed by atoms with E-state index in [9.17, 15) is 105 Å². The van der Waals surface area contributed by atoms with Gasteiger partial charge in [0.05, 0.1) is 33.4 Å². The Balaban J connectivity index is 0.00000900. The fraction of sp³-hybridized carbons (Fsp3) is 0.250. The Kier molecular flexibility index (Phi) is 12.6. The fourth-order valence-corrected chi connectivity index (χ4v) is 6.29. The van der Waals surface area contributed by atoms with Gasteiger partial charge in [-0.05, 0) is 18.2 Å². The molecule has 0 heterocycles. The largest absolute Gasteiger partial charge is 1.00 e. The summed E-state index contributed by atoms with van der Waals surface area (Å²) in [6, 6.07) is -8.91. The molecule has 0 radical (unpaired) electrons. The first kappa shape index (κ1) is 48.6. The average molecular weight is 886 g/mol. The molecule has 58 heavy (non-hydrogen) atoms. The minimum absolute atomic E-state index is 0. The van der Waals surface area contributed by atoms with Gasteiger partial charge in [-0.3, -0.25) is 0 Å². The van der Waals surface area contributed by atoms with Crippen LogP contribution in [0.4, 0.5) is 105 Å². The van der Waals surface area contributed by atoms with E-state index in [1.54, 1.807) is 0 Å². The maximum Gasteiger partial charge on any atom is 1.00 e. The molecule has 0 aliphatic rings. The predicted octanol–water partition coefficient (Wildman–Crippen LogP) is 8.22. The van der Waals surface area contributed by atoms with Gasteiger partial charge in [0, 0.05) is 11.1 Å². The van der Waals surface area contributed by atoms with Gasteiger partial charge < -0.3 is 0 Å². The van der Waals surface area contributed by atoms with E-state index in [0.29, 0.717) is 0 Å². The number of benzene rings is 4. The number of hydrogen-bond donors (Lipinski definition) is 0. The Hall–Kier alpha value is -3.74. The van der Waals surface area contributed by atoms with Crippen molar-refractivity contribution >= 4 is 28.0 Å². The van der Waals surface area contributed by atoms with Crippen LogP contribution in [0.3, 0.4) is 0 Å². The maximum atomic E-state index is 14.9. The zero-order chi connectivity index (χ0) is 43.9. The maximum absolute atomic E-state index is 14.9. The predicted molar refractivity (Wildman–Crippen MR) is 150 cm³/mol. The van der Waals surface area contributed by atoms with Gasteiger partial charge in [-0.25, -0.2) is 0 Å². The molecule has 0 saturated carbocycles. The summed E-state index contributed by atoms with van der Waals surface area (Å²) in [6.45, 7) is 0. The Morgan fingerprint density at radius 3 is 0.621 bits per heavy atom. The minimum Gasteiger partial charge on any atom is -0.194 e. The van der Waals surface area contributed by atoms with Gasteiger partial charge >= 0.3 is 79.0 Å². The summed E-state index contributed by atoms with van der Waals surface area (Å²) < 4.78 is 345. The summed E-state index contributed by atoms with van der Waals surface area (Å²) in [4.78, 5) is 0. The first-order valence-corrected chi connectivity index (χ1v) is 14.6. The van der Waals surface area contributed by atoms with Crippen LogP contribution in [-0.4, -0.2) is 6.15 Å². The quantitative estimate of drug-likeness (QED) is 0.143. The monoisotopic (exact) mass is 886 g/mol. The molecule has 0 atom stereocenters. The second kappa shape index (κ2) is 15.1. The molecule has 0 saturated heterocycles. The van der Waals surface area contributed by atoms with Crippen molar-refractivity contribution in [1.29, 1.82) is 0 Å². The molecule has 0 nitrogen and oxygen atoms in total. The first-order chi connectivity index (χ1) is 25.3. The van der Waals surface area contributed by atoms with Gasteiger partial charge in [0.15, 0.2) is 0 Å². The molecule has 26 heteroatoms. The van der Waals surface area contributed by atoms with Crippen molar-refractivity contribution in [3.8, 4) is 0 Å². The molecule has 0 spiro atoms. The van der Waals surface area contributed by atoms with Crippen molar-refractivity contribution in [2.24, 2.45) is 0 Å².